The molecule has 0 aliphatic heterocycles. The van der Waals surface area contributed by atoms with Crippen molar-refractivity contribution in [2.75, 3.05) is 24.8 Å². The molecule has 0 radical (unpaired) electrons. The number of nitrogens with two attached hydrogens (primary N) is 1. The first kappa shape index (κ1) is 16.4. The molecule has 2 aromatic rings. The van der Waals surface area contributed by atoms with E-state index in [0.717, 1.165) is 5.56 Å². The number of hydrogen-bond donors (Lipinski definition) is 2. The Labute approximate surface area is 134 Å². The fourth-order valence-electron chi connectivity index (χ4n) is 1.91. The van der Waals surface area contributed by atoms with Gasteiger partial charge in [-0.05, 0) is 37.3 Å². The van der Waals surface area contributed by atoms with Crippen LogP contribution >= 0.6 is 0 Å². The van der Waals surface area contributed by atoms with E-state index in [9.17, 15) is 9.59 Å². The van der Waals surface area contributed by atoms with Crippen molar-refractivity contribution in [3.05, 3.63) is 53.6 Å². The van der Waals surface area contributed by atoms with Crippen LogP contribution in [0.1, 0.15) is 15.9 Å². The molecule has 1 amide bonds. The number of methoxy groups -OCH3 is 1. The number of ether oxygens (including phenoxy) is 2. The summed E-state index contributed by atoms with van der Waals surface area (Å²) in [6, 6.07) is 11.8. The van der Waals surface area contributed by atoms with E-state index in [1.807, 2.05) is 19.1 Å². The van der Waals surface area contributed by atoms with E-state index in [0.29, 0.717) is 17.1 Å². The lowest BCUT2D eigenvalue weighted by Crippen LogP contribution is -2.21. The first-order chi connectivity index (χ1) is 11.0. The van der Waals surface area contributed by atoms with Crippen LogP contribution in [-0.2, 0) is 9.53 Å². The highest BCUT2D eigenvalue weighted by atomic mass is 16.5. The number of carbonyl (C=O) groups is 2. The molecule has 0 saturated heterocycles. The van der Waals surface area contributed by atoms with Gasteiger partial charge in [0.15, 0.2) is 6.61 Å². The Kier molecular flexibility index (Phi) is 5.19. The Morgan fingerprint density at radius 3 is 2.43 bits per heavy atom. The molecular formula is C17H18N2O4. The molecular weight excluding hydrogens is 296 g/mol. The quantitative estimate of drug-likeness (QED) is 0.653. The highest BCUT2D eigenvalue weighted by Crippen LogP contribution is 2.22. The summed E-state index contributed by atoms with van der Waals surface area (Å²) < 4.78 is 9.98. The second-order valence-corrected chi connectivity index (χ2v) is 4.95. The lowest BCUT2D eigenvalue weighted by Gasteiger charge is -2.08. The van der Waals surface area contributed by atoms with Gasteiger partial charge in [-0.15, -0.1) is 0 Å². The number of anilines is 2. The van der Waals surface area contributed by atoms with E-state index >= 15 is 0 Å². The van der Waals surface area contributed by atoms with Crippen LogP contribution in [0.4, 0.5) is 11.4 Å². The summed E-state index contributed by atoms with van der Waals surface area (Å²) >= 11 is 0. The van der Waals surface area contributed by atoms with Crippen LogP contribution in [0.25, 0.3) is 0 Å². The summed E-state index contributed by atoms with van der Waals surface area (Å²) in [6.45, 7) is 1.58. The van der Waals surface area contributed by atoms with E-state index in [4.69, 9.17) is 15.2 Å². The third-order valence-electron chi connectivity index (χ3n) is 3.14. The van der Waals surface area contributed by atoms with E-state index in [-0.39, 0.29) is 12.2 Å². The molecule has 3 N–H and O–H groups in total. The normalized spacial score (nSPS) is 10.0. The maximum atomic E-state index is 11.9. The van der Waals surface area contributed by atoms with Crippen LogP contribution < -0.4 is 15.8 Å². The van der Waals surface area contributed by atoms with Crippen molar-refractivity contribution in [2.24, 2.45) is 0 Å². The first-order valence-electron chi connectivity index (χ1n) is 6.97. The van der Waals surface area contributed by atoms with Crippen LogP contribution in [-0.4, -0.2) is 25.6 Å². The zero-order valence-electron chi connectivity index (χ0n) is 13.0. The largest absolute Gasteiger partial charge is 0.495 e. The maximum absolute atomic E-state index is 11.9. The fraction of sp³-hybridized carbons (Fsp3) is 0.176. The molecule has 2 rings (SSSR count). The molecule has 6 heteroatoms. The van der Waals surface area contributed by atoms with Crippen molar-refractivity contribution < 1.29 is 19.1 Å². The van der Waals surface area contributed by atoms with Gasteiger partial charge in [-0.25, -0.2) is 4.79 Å². The van der Waals surface area contributed by atoms with Crippen LogP contribution in [0.5, 0.6) is 5.75 Å². The van der Waals surface area contributed by atoms with Gasteiger partial charge in [-0.2, -0.15) is 0 Å². The number of amides is 1. The zero-order valence-corrected chi connectivity index (χ0v) is 13.0. The topological polar surface area (TPSA) is 90.6 Å². The minimum absolute atomic E-state index is 0.256. The summed E-state index contributed by atoms with van der Waals surface area (Å²) in [4.78, 5) is 23.7. The van der Waals surface area contributed by atoms with Crippen LogP contribution in [0.3, 0.4) is 0 Å². The number of aryl methyl sites for hydroxylation is 1. The van der Waals surface area contributed by atoms with Crippen molar-refractivity contribution >= 4 is 23.3 Å². The molecule has 2 aromatic carbocycles. The highest BCUT2D eigenvalue weighted by Gasteiger charge is 2.12. The maximum Gasteiger partial charge on any atom is 0.338 e. The molecule has 0 fully saturated rings. The number of hydrogen-bond acceptors (Lipinski definition) is 5. The first-order valence-corrected chi connectivity index (χ1v) is 6.97. The molecule has 23 heavy (non-hydrogen) atoms. The molecule has 0 heterocycles. The van der Waals surface area contributed by atoms with Gasteiger partial charge in [-0.3, -0.25) is 4.79 Å². The Hall–Kier alpha value is -3.02. The predicted molar refractivity (Wildman–Crippen MR) is 87.5 cm³/mol. The molecule has 0 aliphatic carbocycles. The van der Waals surface area contributed by atoms with Gasteiger partial charge in [-0.1, -0.05) is 17.7 Å². The smallest absolute Gasteiger partial charge is 0.338 e. The Bertz CT molecular complexity index is 711. The van der Waals surface area contributed by atoms with Gasteiger partial charge in [0.05, 0.1) is 18.4 Å². The number of benzene rings is 2. The molecule has 120 valence electrons. The summed E-state index contributed by atoms with van der Waals surface area (Å²) in [7, 11) is 1.49. The van der Waals surface area contributed by atoms with Gasteiger partial charge in [0.2, 0.25) is 0 Å². The average Bonchev–Trinajstić information content (AvgIpc) is 2.54. The minimum Gasteiger partial charge on any atom is -0.495 e. The van der Waals surface area contributed by atoms with Gasteiger partial charge in [0, 0.05) is 5.69 Å². The fourth-order valence-corrected chi connectivity index (χ4v) is 1.91. The van der Waals surface area contributed by atoms with Gasteiger partial charge in [0.25, 0.3) is 5.91 Å². The molecule has 0 bridgehead atoms. The second-order valence-electron chi connectivity index (χ2n) is 4.95. The molecule has 6 nitrogen and oxygen atoms in total. The Morgan fingerprint density at radius 2 is 1.83 bits per heavy atom. The van der Waals surface area contributed by atoms with E-state index in [1.54, 1.807) is 18.2 Å². The average molecular weight is 314 g/mol. The summed E-state index contributed by atoms with van der Waals surface area (Å²) in [5, 5.41) is 2.64. The standard InChI is InChI=1S/C17H18N2O4/c1-11-3-6-13(7-4-11)19-16(20)10-23-17(21)12-5-8-15(22-2)14(18)9-12/h3-9H,10,18H2,1-2H3,(H,19,20). The Morgan fingerprint density at radius 1 is 1.13 bits per heavy atom. The molecule has 0 spiro atoms. The van der Waals surface area contributed by atoms with Crippen LogP contribution in [0, 0.1) is 6.92 Å². The molecule has 0 saturated carbocycles. The van der Waals surface area contributed by atoms with Gasteiger partial charge < -0.3 is 20.5 Å². The van der Waals surface area contributed by atoms with Gasteiger partial charge >= 0.3 is 5.97 Å². The third-order valence-corrected chi connectivity index (χ3v) is 3.14. The van der Waals surface area contributed by atoms with Crippen molar-refractivity contribution in [3.63, 3.8) is 0 Å². The van der Waals surface area contributed by atoms with E-state index in [2.05, 4.69) is 5.32 Å². The van der Waals surface area contributed by atoms with E-state index in [1.165, 1.54) is 19.2 Å². The number of rotatable bonds is 5. The van der Waals surface area contributed by atoms with Crippen LogP contribution in [0.2, 0.25) is 0 Å². The summed E-state index contributed by atoms with van der Waals surface area (Å²) in [5.74, 6) is -0.569. The van der Waals surface area contributed by atoms with Crippen molar-refractivity contribution in [1.82, 2.24) is 0 Å². The van der Waals surface area contributed by atoms with Crippen LogP contribution in [0.15, 0.2) is 42.5 Å². The molecule has 0 aromatic heterocycles. The SMILES string of the molecule is COc1ccc(C(=O)OCC(=O)Nc2ccc(C)cc2)cc1N. The molecule has 0 atom stereocenters. The molecule has 0 unspecified atom stereocenters. The van der Waals surface area contributed by atoms with Crippen molar-refractivity contribution in [2.45, 2.75) is 6.92 Å². The highest BCUT2D eigenvalue weighted by molar-refractivity contribution is 5.96. The van der Waals surface area contributed by atoms with Crippen molar-refractivity contribution in [1.29, 1.82) is 0 Å². The molecule has 0 aliphatic rings. The summed E-state index contributed by atoms with van der Waals surface area (Å²) in [6.07, 6.45) is 0. The zero-order chi connectivity index (χ0) is 16.8. The minimum atomic E-state index is -0.626. The van der Waals surface area contributed by atoms with E-state index < -0.39 is 11.9 Å². The number of nitrogens with one attached hydrogen (secondary N) is 1. The monoisotopic (exact) mass is 314 g/mol. The van der Waals surface area contributed by atoms with Crippen molar-refractivity contribution in [3.8, 4) is 5.75 Å². The number of esters is 1. The Balaban J connectivity index is 1.89. The lowest BCUT2D eigenvalue weighted by molar-refractivity contribution is -0.119. The number of carbonyl (C=O) groups excluding carboxylic acids is 2. The lowest BCUT2D eigenvalue weighted by atomic mass is 10.2. The van der Waals surface area contributed by atoms with Gasteiger partial charge in [0.1, 0.15) is 5.75 Å². The third kappa shape index (κ3) is 4.47. The summed E-state index contributed by atoms with van der Waals surface area (Å²) in [5.41, 5.74) is 8.04. The number of nitrogen functional groups attached to an aromatic ring is 1. The predicted octanol–water partition coefficient (Wildman–Crippen LogP) is 2.38. The second kappa shape index (κ2) is 7.31.